The molecule has 0 saturated carbocycles. The van der Waals surface area contributed by atoms with Crippen LogP contribution in [0.25, 0.3) is 11.2 Å². The van der Waals surface area contributed by atoms with Gasteiger partial charge in [0.15, 0.2) is 11.5 Å². The van der Waals surface area contributed by atoms with Crippen LogP contribution in [0.15, 0.2) is 18.0 Å². The molecule has 3 aromatic rings. The van der Waals surface area contributed by atoms with E-state index >= 15 is 0 Å². The third kappa shape index (κ3) is 3.23. The zero-order chi connectivity index (χ0) is 16.4. The van der Waals surface area contributed by atoms with E-state index in [4.69, 9.17) is 9.72 Å². The molecule has 126 valence electrons. The van der Waals surface area contributed by atoms with Crippen molar-refractivity contribution < 1.29 is 4.74 Å². The number of morpholine rings is 1. The Labute approximate surface area is 143 Å². The van der Waals surface area contributed by atoms with Gasteiger partial charge in [-0.2, -0.15) is 0 Å². The number of aromatic nitrogens is 5. The summed E-state index contributed by atoms with van der Waals surface area (Å²) < 4.78 is 5.39. The van der Waals surface area contributed by atoms with Crippen LogP contribution in [-0.4, -0.2) is 63.2 Å². The van der Waals surface area contributed by atoms with Gasteiger partial charge in [0.2, 0.25) is 0 Å². The van der Waals surface area contributed by atoms with Crippen molar-refractivity contribution >= 4 is 28.3 Å². The van der Waals surface area contributed by atoms with Gasteiger partial charge in [-0.1, -0.05) is 0 Å². The second-order valence-electron chi connectivity index (χ2n) is 5.78. The lowest BCUT2D eigenvalue weighted by Gasteiger charge is -2.25. The van der Waals surface area contributed by atoms with Crippen LogP contribution in [0.2, 0.25) is 0 Å². The summed E-state index contributed by atoms with van der Waals surface area (Å²) >= 11 is 1.71. The minimum Gasteiger partial charge on any atom is -0.379 e. The molecule has 0 radical (unpaired) electrons. The smallest absolute Gasteiger partial charge is 0.182 e. The summed E-state index contributed by atoms with van der Waals surface area (Å²) in [6.45, 7) is 5.19. The summed E-state index contributed by atoms with van der Waals surface area (Å²) in [6.07, 6.45) is 3.18. The van der Waals surface area contributed by atoms with Crippen LogP contribution in [0.3, 0.4) is 0 Å². The van der Waals surface area contributed by atoms with Gasteiger partial charge in [-0.05, 0) is 0 Å². The van der Waals surface area contributed by atoms with Crippen molar-refractivity contribution in [2.24, 2.45) is 0 Å². The maximum absolute atomic E-state index is 5.39. The lowest BCUT2D eigenvalue weighted by Crippen LogP contribution is -2.35. The van der Waals surface area contributed by atoms with Gasteiger partial charge in [-0.25, -0.2) is 19.9 Å². The van der Waals surface area contributed by atoms with Crippen molar-refractivity contribution in [3.8, 4) is 0 Å². The van der Waals surface area contributed by atoms with E-state index in [-0.39, 0.29) is 0 Å². The average Bonchev–Trinajstić information content (AvgIpc) is 3.24. The van der Waals surface area contributed by atoms with Gasteiger partial charge < -0.3 is 14.6 Å². The van der Waals surface area contributed by atoms with Crippen LogP contribution >= 0.6 is 11.3 Å². The standard InChI is InChI=1S/C15H19N7OS/c1-21(15-13-14(17-9-16-13)18-10-19-15)6-11-8-24-12(20-11)7-22-2-4-23-5-3-22/h8-10H,2-7H2,1H3,(H,16,17,18,19). The highest BCUT2D eigenvalue weighted by molar-refractivity contribution is 7.09. The highest BCUT2D eigenvalue weighted by Crippen LogP contribution is 2.21. The van der Waals surface area contributed by atoms with Crippen molar-refractivity contribution in [2.45, 2.75) is 13.1 Å². The minimum atomic E-state index is 0.679. The molecule has 1 N–H and O–H groups in total. The molecule has 1 aliphatic rings. The molecule has 0 bridgehead atoms. The fourth-order valence-corrected chi connectivity index (χ4v) is 3.63. The number of nitrogens with zero attached hydrogens (tertiary/aromatic N) is 6. The van der Waals surface area contributed by atoms with Gasteiger partial charge in [0.25, 0.3) is 0 Å². The van der Waals surface area contributed by atoms with Crippen LogP contribution in [0.1, 0.15) is 10.7 Å². The number of fused-ring (bicyclic) bond motifs is 1. The molecule has 3 aromatic heterocycles. The summed E-state index contributed by atoms with van der Waals surface area (Å²) in [5.41, 5.74) is 2.58. The zero-order valence-corrected chi connectivity index (χ0v) is 14.3. The van der Waals surface area contributed by atoms with E-state index in [9.17, 15) is 0 Å². The summed E-state index contributed by atoms with van der Waals surface area (Å²) in [7, 11) is 2.00. The Hall–Kier alpha value is -2.10. The number of nitrogens with one attached hydrogen (secondary N) is 1. The first-order chi connectivity index (χ1) is 11.8. The average molecular weight is 345 g/mol. The molecule has 1 saturated heterocycles. The molecule has 4 heterocycles. The second-order valence-corrected chi connectivity index (χ2v) is 6.72. The maximum atomic E-state index is 5.39. The molecule has 0 amide bonds. The number of hydrogen-bond donors (Lipinski definition) is 1. The third-order valence-corrected chi connectivity index (χ3v) is 4.91. The van der Waals surface area contributed by atoms with E-state index < -0.39 is 0 Å². The Kier molecular flexibility index (Phi) is 4.37. The first-order valence-corrected chi connectivity index (χ1v) is 8.76. The van der Waals surface area contributed by atoms with Crippen LogP contribution in [0.5, 0.6) is 0 Å². The Morgan fingerprint density at radius 1 is 1.29 bits per heavy atom. The second kappa shape index (κ2) is 6.80. The number of hydrogen-bond acceptors (Lipinski definition) is 8. The molecule has 0 aromatic carbocycles. The highest BCUT2D eigenvalue weighted by Gasteiger charge is 2.15. The van der Waals surface area contributed by atoms with Gasteiger partial charge in [0, 0.05) is 25.5 Å². The molecular formula is C15H19N7OS. The Morgan fingerprint density at radius 3 is 3.04 bits per heavy atom. The molecule has 0 unspecified atom stereocenters. The largest absolute Gasteiger partial charge is 0.379 e. The molecule has 0 atom stereocenters. The minimum absolute atomic E-state index is 0.679. The summed E-state index contributed by atoms with van der Waals surface area (Å²) in [6, 6.07) is 0. The van der Waals surface area contributed by atoms with Gasteiger partial charge in [0.1, 0.15) is 16.9 Å². The zero-order valence-electron chi connectivity index (χ0n) is 13.5. The number of ether oxygens (including phenoxy) is 1. The molecule has 9 heteroatoms. The number of H-pyrrole nitrogens is 1. The predicted octanol–water partition coefficient (Wildman–Crippen LogP) is 1.28. The maximum Gasteiger partial charge on any atom is 0.182 e. The fourth-order valence-electron chi connectivity index (χ4n) is 2.80. The van der Waals surface area contributed by atoms with E-state index in [1.165, 1.54) is 0 Å². The first-order valence-electron chi connectivity index (χ1n) is 7.88. The number of anilines is 1. The van der Waals surface area contributed by atoms with Crippen molar-refractivity contribution in [1.29, 1.82) is 0 Å². The molecule has 4 rings (SSSR count). The molecule has 1 fully saturated rings. The summed E-state index contributed by atoms with van der Waals surface area (Å²) in [4.78, 5) is 25.0. The van der Waals surface area contributed by atoms with Crippen molar-refractivity contribution in [2.75, 3.05) is 38.3 Å². The van der Waals surface area contributed by atoms with Gasteiger partial charge in [-0.15, -0.1) is 11.3 Å². The van der Waals surface area contributed by atoms with Crippen LogP contribution in [0.4, 0.5) is 5.82 Å². The number of thiazole rings is 1. The van der Waals surface area contributed by atoms with Crippen molar-refractivity contribution in [1.82, 2.24) is 29.8 Å². The predicted molar refractivity (Wildman–Crippen MR) is 92.0 cm³/mol. The van der Waals surface area contributed by atoms with Gasteiger partial charge in [-0.3, -0.25) is 4.90 Å². The Balaban J connectivity index is 1.44. The molecule has 1 aliphatic heterocycles. The van der Waals surface area contributed by atoms with Crippen LogP contribution in [0, 0.1) is 0 Å². The lowest BCUT2D eigenvalue weighted by atomic mass is 10.4. The fraction of sp³-hybridized carbons (Fsp3) is 0.467. The molecule has 8 nitrogen and oxygen atoms in total. The Bertz CT molecular complexity index is 811. The summed E-state index contributed by atoms with van der Waals surface area (Å²) in [5, 5.41) is 3.27. The topological polar surface area (TPSA) is 83.1 Å². The van der Waals surface area contributed by atoms with Gasteiger partial charge in [0.05, 0.1) is 38.3 Å². The van der Waals surface area contributed by atoms with Crippen molar-refractivity contribution in [3.05, 3.63) is 28.7 Å². The van der Waals surface area contributed by atoms with E-state index in [1.807, 2.05) is 7.05 Å². The molecule has 0 aliphatic carbocycles. The van der Waals surface area contributed by atoms with E-state index in [0.717, 1.165) is 54.9 Å². The number of aromatic amines is 1. The molecular weight excluding hydrogens is 326 g/mol. The van der Waals surface area contributed by atoms with E-state index in [1.54, 1.807) is 24.0 Å². The quantitative estimate of drug-likeness (QED) is 0.746. The van der Waals surface area contributed by atoms with Gasteiger partial charge >= 0.3 is 0 Å². The number of imidazole rings is 1. The Morgan fingerprint density at radius 2 is 2.17 bits per heavy atom. The van der Waals surface area contributed by atoms with E-state index in [0.29, 0.717) is 12.2 Å². The van der Waals surface area contributed by atoms with Crippen molar-refractivity contribution in [3.63, 3.8) is 0 Å². The SMILES string of the molecule is CN(Cc1csc(CN2CCOCC2)n1)c1ncnc2nc[nH]c12. The van der Waals surface area contributed by atoms with Crippen LogP contribution in [-0.2, 0) is 17.8 Å². The molecule has 24 heavy (non-hydrogen) atoms. The molecule has 0 spiro atoms. The summed E-state index contributed by atoms with van der Waals surface area (Å²) in [5.74, 6) is 0.834. The van der Waals surface area contributed by atoms with E-state index in [2.05, 4.69) is 35.1 Å². The lowest BCUT2D eigenvalue weighted by molar-refractivity contribution is 0.0341. The normalized spacial score (nSPS) is 15.9. The van der Waals surface area contributed by atoms with Crippen LogP contribution < -0.4 is 4.90 Å². The third-order valence-electron chi connectivity index (χ3n) is 4.03. The number of rotatable bonds is 5. The first kappa shape index (κ1) is 15.4. The highest BCUT2D eigenvalue weighted by atomic mass is 32.1. The monoisotopic (exact) mass is 345 g/mol.